The van der Waals surface area contributed by atoms with E-state index in [0.717, 1.165) is 19.3 Å². The molecule has 2 amide bonds. The summed E-state index contributed by atoms with van der Waals surface area (Å²) in [4.78, 5) is 11.8. The van der Waals surface area contributed by atoms with E-state index in [1.807, 2.05) is 0 Å². The summed E-state index contributed by atoms with van der Waals surface area (Å²) in [5.74, 6) is 0. The number of anilines is 1. The van der Waals surface area contributed by atoms with Crippen LogP contribution < -0.4 is 10.6 Å². The molecule has 0 radical (unpaired) electrons. The van der Waals surface area contributed by atoms with Crippen LogP contribution in [0.1, 0.15) is 19.3 Å². The number of carbonyl (C=O) groups is 1. The zero-order chi connectivity index (χ0) is 13.2. The van der Waals surface area contributed by atoms with E-state index in [4.69, 9.17) is 23.2 Å². The first kappa shape index (κ1) is 13.5. The Morgan fingerprint density at radius 1 is 1.39 bits per heavy atom. The van der Waals surface area contributed by atoms with E-state index in [-0.39, 0.29) is 12.6 Å². The number of rotatable bonds is 3. The molecule has 1 aromatic carbocycles. The van der Waals surface area contributed by atoms with Crippen LogP contribution in [0.3, 0.4) is 0 Å². The van der Waals surface area contributed by atoms with Crippen molar-refractivity contribution in [2.24, 2.45) is 0 Å². The average Bonchev–Trinajstić information content (AvgIpc) is 2.28. The van der Waals surface area contributed by atoms with Crippen LogP contribution in [0.25, 0.3) is 0 Å². The van der Waals surface area contributed by atoms with Gasteiger partial charge in [0.25, 0.3) is 0 Å². The summed E-state index contributed by atoms with van der Waals surface area (Å²) < 4.78 is 0. The number of hydrogen-bond donors (Lipinski definition) is 3. The third-order valence-electron chi connectivity index (χ3n) is 3.17. The van der Waals surface area contributed by atoms with Crippen molar-refractivity contribution >= 4 is 34.9 Å². The van der Waals surface area contributed by atoms with Crippen LogP contribution in [0.5, 0.6) is 0 Å². The van der Waals surface area contributed by atoms with Crippen molar-refractivity contribution in [3.8, 4) is 0 Å². The summed E-state index contributed by atoms with van der Waals surface area (Å²) in [6.45, 7) is -0.0519. The van der Waals surface area contributed by atoms with Gasteiger partial charge in [0.2, 0.25) is 0 Å². The third kappa shape index (κ3) is 2.88. The van der Waals surface area contributed by atoms with Crippen LogP contribution in [0.2, 0.25) is 10.0 Å². The van der Waals surface area contributed by atoms with Crippen LogP contribution in [-0.2, 0) is 0 Å². The highest BCUT2D eigenvalue weighted by Crippen LogP contribution is 2.31. The first-order valence-corrected chi connectivity index (χ1v) is 6.45. The van der Waals surface area contributed by atoms with Crippen molar-refractivity contribution in [2.75, 3.05) is 11.9 Å². The molecule has 98 valence electrons. The number of urea groups is 1. The quantitative estimate of drug-likeness (QED) is 0.801. The molecule has 0 atom stereocenters. The number of amides is 2. The lowest BCUT2D eigenvalue weighted by molar-refractivity contribution is 0.0984. The average molecular weight is 289 g/mol. The third-order valence-corrected chi connectivity index (χ3v) is 3.73. The molecule has 0 unspecified atom stereocenters. The molecule has 0 aliphatic heterocycles. The summed E-state index contributed by atoms with van der Waals surface area (Å²) in [7, 11) is 0. The Morgan fingerprint density at radius 3 is 2.67 bits per heavy atom. The van der Waals surface area contributed by atoms with E-state index in [0.29, 0.717) is 15.7 Å². The van der Waals surface area contributed by atoms with Gasteiger partial charge in [0, 0.05) is 5.02 Å². The maximum absolute atomic E-state index is 11.8. The number of nitrogens with one attached hydrogen (secondary N) is 2. The molecular weight excluding hydrogens is 275 g/mol. The summed E-state index contributed by atoms with van der Waals surface area (Å²) in [6, 6.07) is 4.46. The molecule has 3 N–H and O–H groups in total. The summed E-state index contributed by atoms with van der Waals surface area (Å²) in [6.07, 6.45) is 2.60. The Morgan fingerprint density at radius 2 is 2.11 bits per heavy atom. The van der Waals surface area contributed by atoms with Gasteiger partial charge in [-0.05, 0) is 37.5 Å². The predicted molar refractivity (Wildman–Crippen MR) is 72.3 cm³/mol. The second kappa shape index (κ2) is 5.34. The fraction of sp³-hybridized carbons (Fsp3) is 0.417. The highest BCUT2D eigenvalue weighted by molar-refractivity contribution is 6.35. The Labute approximate surface area is 115 Å². The van der Waals surface area contributed by atoms with Crippen molar-refractivity contribution in [1.82, 2.24) is 5.32 Å². The number of benzene rings is 1. The van der Waals surface area contributed by atoms with Crippen molar-refractivity contribution < 1.29 is 9.90 Å². The second-order valence-electron chi connectivity index (χ2n) is 4.50. The van der Waals surface area contributed by atoms with Gasteiger partial charge in [-0.25, -0.2) is 4.79 Å². The lowest BCUT2D eigenvalue weighted by atomic mass is 9.77. The Hall–Kier alpha value is -0.970. The molecule has 1 saturated carbocycles. The first-order chi connectivity index (χ1) is 8.54. The Bertz CT molecular complexity index is 456. The molecule has 1 fully saturated rings. The largest absolute Gasteiger partial charge is 0.394 e. The van der Waals surface area contributed by atoms with E-state index in [9.17, 15) is 9.90 Å². The molecule has 0 heterocycles. The van der Waals surface area contributed by atoms with Gasteiger partial charge >= 0.3 is 6.03 Å². The lowest BCUT2D eigenvalue weighted by Gasteiger charge is -2.40. The van der Waals surface area contributed by atoms with Crippen molar-refractivity contribution in [3.05, 3.63) is 28.2 Å². The molecule has 1 aromatic rings. The van der Waals surface area contributed by atoms with Gasteiger partial charge in [-0.15, -0.1) is 0 Å². The van der Waals surface area contributed by atoms with Crippen molar-refractivity contribution in [1.29, 1.82) is 0 Å². The number of hydrogen-bond acceptors (Lipinski definition) is 2. The number of aliphatic hydroxyl groups is 1. The monoisotopic (exact) mass is 288 g/mol. The lowest BCUT2D eigenvalue weighted by Crippen LogP contribution is -2.57. The van der Waals surface area contributed by atoms with Gasteiger partial charge in [-0.3, -0.25) is 0 Å². The molecular formula is C12H14Cl2N2O2. The van der Waals surface area contributed by atoms with E-state index in [1.165, 1.54) is 0 Å². The topological polar surface area (TPSA) is 61.4 Å². The van der Waals surface area contributed by atoms with Gasteiger partial charge < -0.3 is 15.7 Å². The first-order valence-electron chi connectivity index (χ1n) is 5.70. The van der Waals surface area contributed by atoms with Gasteiger partial charge in [0.05, 0.1) is 22.9 Å². The van der Waals surface area contributed by atoms with E-state index in [1.54, 1.807) is 18.2 Å². The zero-order valence-electron chi connectivity index (χ0n) is 9.67. The normalized spacial score (nSPS) is 16.8. The van der Waals surface area contributed by atoms with Gasteiger partial charge in [0.1, 0.15) is 0 Å². The number of halogens is 2. The van der Waals surface area contributed by atoms with Crippen LogP contribution in [0, 0.1) is 0 Å². The van der Waals surface area contributed by atoms with Gasteiger partial charge in [0.15, 0.2) is 0 Å². The van der Waals surface area contributed by atoms with E-state index in [2.05, 4.69) is 10.6 Å². The van der Waals surface area contributed by atoms with Crippen LogP contribution >= 0.6 is 23.2 Å². The van der Waals surface area contributed by atoms with Crippen LogP contribution in [0.15, 0.2) is 18.2 Å². The fourth-order valence-electron chi connectivity index (χ4n) is 1.91. The van der Waals surface area contributed by atoms with Gasteiger partial charge in [-0.2, -0.15) is 0 Å². The maximum Gasteiger partial charge on any atom is 0.319 e. The van der Waals surface area contributed by atoms with Crippen LogP contribution in [-0.4, -0.2) is 23.3 Å². The summed E-state index contributed by atoms with van der Waals surface area (Å²) in [5, 5.41) is 15.6. The fourth-order valence-corrected chi connectivity index (χ4v) is 2.25. The van der Waals surface area contributed by atoms with Gasteiger partial charge in [-0.1, -0.05) is 23.2 Å². The predicted octanol–water partition coefficient (Wildman–Crippen LogP) is 3.03. The minimum atomic E-state index is -0.477. The van der Waals surface area contributed by atoms with E-state index >= 15 is 0 Å². The second-order valence-corrected chi connectivity index (χ2v) is 5.34. The number of carbonyl (C=O) groups excluding carboxylic acids is 1. The molecule has 1 aliphatic rings. The summed E-state index contributed by atoms with van der Waals surface area (Å²) >= 11 is 11.8. The molecule has 2 rings (SSSR count). The molecule has 0 saturated heterocycles. The smallest absolute Gasteiger partial charge is 0.319 e. The Kier molecular flexibility index (Phi) is 4.00. The number of aliphatic hydroxyl groups excluding tert-OH is 1. The Balaban J connectivity index is 2.00. The SMILES string of the molecule is O=C(Nc1cc(Cl)ccc1Cl)NC1(CO)CCC1. The highest BCUT2D eigenvalue weighted by atomic mass is 35.5. The van der Waals surface area contributed by atoms with E-state index < -0.39 is 5.54 Å². The molecule has 6 heteroatoms. The molecule has 18 heavy (non-hydrogen) atoms. The molecule has 1 aliphatic carbocycles. The summed E-state index contributed by atoms with van der Waals surface area (Å²) in [5.41, 5.74) is -0.0242. The zero-order valence-corrected chi connectivity index (χ0v) is 11.2. The van der Waals surface area contributed by atoms with Crippen molar-refractivity contribution in [3.63, 3.8) is 0 Å². The van der Waals surface area contributed by atoms with Crippen LogP contribution in [0.4, 0.5) is 10.5 Å². The molecule has 0 aromatic heterocycles. The molecule has 0 bridgehead atoms. The maximum atomic E-state index is 11.8. The molecule has 0 spiro atoms. The molecule has 4 nitrogen and oxygen atoms in total. The standard InChI is InChI=1S/C12H14Cl2N2O2/c13-8-2-3-9(14)10(6-8)15-11(18)16-12(7-17)4-1-5-12/h2-3,6,17H,1,4-5,7H2,(H2,15,16,18). The minimum absolute atomic E-state index is 0.0519. The minimum Gasteiger partial charge on any atom is -0.394 e. The highest BCUT2D eigenvalue weighted by Gasteiger charge is 2.37. The van der Waals surface area contributed by atoms with Crippen molar-refractivity contribution in [2.45, 2.75) is 24.8 Å².